The first-order chi connectivity index (χ1) is 8.90. The van der Waals surface area contributed by atoms with Crippen LogP contribution in [-0.4, -0.2) is 23.1 Å². The highest BCUT2D eigenvalue weighted by Crippen LogP contribution is 2.10. The SMILES string of the molecule is CC(C)(C)OC(=O)NC(CBr)CCc1ccccc1. The molecule has 0 aliphatic carbocycles. The van der Waals surface area contributed by atoms with Gasteiger partial charge in [0.25, 0.3) is 0 Å². The van der Waals surface area contributed by atoms with Crippen LogP contribution < -0.4 is 5.32 Å². The minimum absolute atomic E-state index is 0.0788. The molecule has 4 heteroatoms. The molecule has 0 heterocycles. The van der Waals surface area contributed by atoms with Crippen molar-refractivity contribution in [2.75, 3.05) is 5.33 Å². The molecule has 0 saturated carbocycles. The molecule has 3 nitrogen and oxygen atoms in total. The quantitative estimate of drug-likeness (QED) is 0.833. The Labute approximate surface area is 123 Å². The van der Waals surface area contributed by atoms with Crippen molar-refractivity contribution in [2.24, 2.45) is 0 Å². The molecule has 0 bridgehead atoms. The predicted molar refractivity (Wildman–Crippen MR) is 81.7 cm³/mol. The molecule has 106 valence electrons. The molecule has 1 unspecified atom stereocenters. The topological polar surface area (TPSA) is 38.3 Å². The third-order valence-electron chi connectivity index (χ3n) is 2.53. The summed E-state index contributed by atoms with van der Waals surface area (Å²) in [5.74, 6) is 0. The molecule has 1 N–H and O–H groups in total. The van der Waals surface area contributed by atoms with Crippen molar-refractivity contribution in [3.05, 3.63) is 35.9 Å². The molecule has 1 rings (SSSR count). The summed E-state index contributed by atoms with van der Waals surface area (Å²) in [5, 5.41) is 3.61. The molecule has 1 atom stereocenters. The van der Waals surface area contributed by atoms with Crippen molar-refractivity contribution in [1.82, 2.24) is 5.32 Å². The molecule has 0 fully saturated rings. The van der Waals surface area contributed by atoms with Gasteiger partial charge < -0.3 is 10.1 Å². The highest BCUT2D eigenvalue weighted by Gasteiger charge is 2.18. The average molecular weight is 328 g/mol. The number of aryl methyl sites for hydroxylation is 1. The van der Waals surface area contributed by atoms with E-state index < -0.39 is 5.60 Å². The maximum atomic E-state index is 11.7. The monoisotopic (exact) mass is 327 g/mol. The van der Waals surface area contributed by atoms with Gasteiger partial charge in [0.2, 0.25) is 0 Å². The molecular formula is C15H22BrNO2. The fourth-order valence-electron chi connectivity index (χ4n) is 1.65. The molecule has 0 aliphatic rings. The molecule has 1 amide bonds. The number of alkyl halides is 1. The van der Waals surface area contributed by atoms with Gasteiger partial charge in [0.15, 0.2) is 0 Å². The van der Waals surface area contributed by atoms with E-state index in [0.29, 0.717) is 0 Å². The Morgan fingerprint density at radius 3 is 2.47 bits per heavy atom. The largest absolute Gasteiger partial charge is 0.444 e. The lowest BCUT2D eigenvalue weighted by molar-refractivity contribution is 0.0508. The van der Waals surface area contributed by atoms with E-state index in [0.717, 1.165) is 18.2 Å². The molecule has 19 heavy (non-hydrogen) atoms. The van der Waals surface area contributed by atoms with Crippen molar-refractivity contribution >= 4 is 22.0 Å². The molecule has 0 aromatic heterocycles. The first-order valence-corrected chi connectivity index (χ1v) is 7.62. The average Bonchev–Trinajstić information content (AvgIpc) is 2.33. The lowest BCUT2D eigenvalue weighted by atomic mass is 10.1. The predicted octanol–water partition coefficient (Wildman–Crippen LogP) is 3.91. The van der Waals surface area contributed by atoms with Crippen LogP contribution >= 0.6 is 15.9 Å². The van der Waals surface area contributed by atoms with E-state index in [2.05, 4.69) is 33.4 Å². The van der Waals surface area contributed by atoms with Crippen molar-refractivity contribution in [1.29, 1.82) is 0 Å². The van der Waals surface area contributed by atoms with Crippen LogP contribution in [0.5, 0.6) is 0 Å². The Kier molecular flexibility index (Phi) is 6.35. The number of amides is 1. The minimum Gasteiger partial charge on any atom is -0.444 e. The van der Waals surface area contributed by atoms with E-state index in [1.807, 2.05) is 39.0 Å². The van der Waals surface area contributed by atoms with Crippen LogP contribution in [0.3, 0.4) is 0 Å². The van der Waals surface area contributed by atoms with Gasteiger partial charge in [-0.15, -0.1) is 0 Å². The Bertz CT molecular complexity index is 387. The second-order valence-electron chi connectivity index (χ2n) is 5.52. The van der Waals surface area contributed by atoms with Gasteiger partial charge in [-0.05, 0) is 39.2 Å². The van der Waals surface area contributed by atoms with E-state index in [9.17, 15) is 4.79 Å². The number of hydrogen-bond donors (Lipinski definition) is 1. The van der Waals surface area contributed by atoms with E-state index in [1.54, 1.807) is 0 Å². The van der Waals surface area contributed by atoms with E-state index in [4.69, 9.17) is 4.74 Å². The molecule has 0 radical (unpaired) electrons. The van der Waals surface area contributed by atoms with Gasteiger partial charge in [-0.2, -0.15) is 0 Å². The summed E-state index contributed by atoms with van der Waals surface area (Å²) < 4.78 is 5.25. The van der Waals surface area contributed by atoms with Gasteiger partial charge in [-0.25, -0.2) is 4.79 Å². The third kappa shape index (κ3) is 7.21. The first-order valence-electron chi connectivity index (χ1n) is 6.50. The van der Waals surface area contributed by atoms with Gasteiger partial charge in [0.1, 0.15) is 5.60 Å². The number of benzene rings is 1. The highest BCUT2D eigenvalue weighted by molar-refractivity contribution is 9.09. The molecular weight excluding hydrogens is 306 g/mol. The van der Waals surface area contributed by atoms with Gasteiger partial charge in [-0.3, -0.25) is 0 Å². The number of nitrogens with one attached hydrogen (secondary N) is 1. The number of alkyl carbamates (subject to hydrolysis) is 1. The number of halogens is 1. The molecule has 1 aromatic rings. The van der Waals surface area contributed by atoms with Crippen LogP contribution in [0.25, 0.3) is 0 Å². The smallest absolute Gasteiger partial charge is 0.407 e. The summed E-state index contributed by atoms with van der Waals surface area (Å²) in [6, 6.07) is 10.3. The molecule has 0 spiro atoms. The van der Waals surface area contributed by atoms with E-state index >= 15 is 0 Å². The van der Waals surface area contributed by atoms with Crippen LogP contribution in [0, 0.1) is 0 Å². The summed E-state index contributed by atoms with van der Waals surface area (Å²) >= 11 is 3.43. The number of rotatable bonds is 5. The van der Waals surface area contributed by atoms with Crippen molar-refractivity contribution in [3.8, 4) is 0 Å². The molecule has 0 saturated heterocycles. The molecule has 1 aromatic carbocycles. The van der Waals surface area contributed by atoms with E-state index in [1.165, 1.54) is 5.56 Å². The Morgan fingerprint density at radius 2 is 1.95 bits per heavy atom. The van der Waals surface area contributed by atoms with Crippen LogP contribution in [0.15, 0.2) is 30.3 Å². The second-order valence-corrected chi connectivity index (χ2v) is 6.17. The zero-order chi connectivity index (χ0) is 14.3. The van der Waals surface area contributed by atoms with Gasteiger partial charge in [0.05, 0.1) is 0 Å². The number of carbonyl (C=O) groups is 1. The zero-order valence-corrected chi connectivity index (χ0v) is 13.4. The fraction of sp³-hybridized carbons (Fsp3) is 0.533. The maximum Gasteiger partial charge on any atom is 0.407 e. The summed E-state index contributed by atoms with van der Waals surface area (Å²) in [5.41, 5.74) is 0.819. The standard InChI is InChI=1S/C15H22BrNO2/c1-15(2,3)19-14(18)17-13(11-16)10-9-12-7-5-4-6-8-12/h4-8,13H,9-11H2,1-3H3,(H,17,18). The summed E-state index contributed by atoms with van der Waals surface area (Å²) in [7, 11) is 0. The first kappa shape index (κ1) is 16.0. The van der Waals surface area contributed by atoms with Crippen molar-refractivity contribution < 1.29 is 9.53 Å². The Hall–Kier alpha value is -1.03. The van der Waals surface area contributed by atoms with Crippen LogP contribution in [0.2, 0.25) is 0 Å². The van der Waals surface area contributed by atoms with Gasteiger partial charge in [0, 0.05) is 11.4 Å². The van der Waals surface area contributed by atoms with Gasteiger partial charge in [-0.1, -0.05) is 46.3 Å². The third-order valence-corrected chi connectivity index (χ3v) is 3.31. The van der Waals surface area contributed by atoms with Crippen molar-refractivity contribution in [2.45, 2.75) is 45.3 Å². The van der Waals surface area contributed by atoms with Crippen LogP contribution in [-0.2, 0) is 11.2 Å². The maximum absolute atomic E-state index is 11.7. The summed E-state index contributed by atoms with van der Waals surface area (Å²) in [4.78, 5) is 11.7. The van der Waals surface area contributed by atoms with Gasteiger partial charge >= 0.3 is 6.09 Å². The normalized spacial score (nSPS) is 12.8. The number of carbonyl (C=O) groups excluding carboxylic acids is 1. The summed E-state index contributed by atoms with van der Waals surface area (Å²) in [6.45, 7) is 5.58. The fourth-order valence-corrected chi connectivity index (χ4v) is 2.13. The Balaban J connectivity index is 2.39. The minimum atomic E-state index is -0.458. The second kappa shape index (κ2) is 7.53. The zero-order valence-electron chi connectivity index (χ0n) is 11.8. The Morgan fingerprint density at radius 1 is 1.32 bits per heavy atom. The lowest BCUT2D eigenvalue weighted by Crippen LogP contribution is -2.40. The number of ether oxygens (including phenoxy) is 1. The van der Waals surface area contributed by atoms with Crippen molar-refractivity contribution in [3.63, 3.8) is 0 Å². The lowest BCUT2D eigenvalue weighted by Gasteiger charge is -2.22. The molecule has 0 aliphatic heterocycles. The number of hydrogen-bond acceptors (Lipinski definition) is 2. The summed E-state index contributed by atoms with van der Waals surface area (Å²) in [6.07, 6.45) is 1.46. The van der Waals surface area contributed by atoms with E-state index in [-0.39, 0.29) is 12.1 Å². The van der Waals surface area contributed by atoms with Crippen LogP contribution in [0.4, 0.5) is 4.79 Å². The highest BCUT2D eigenvalue weighted by atomic mass is 79.9. The van der Waals surface area contributed by atoms with Crippen LogP contribution in [0.1, 0.15) is 32.8 Å².